The molecule has 140 valence electrons. The van der Waals surface area contributed by atoms with Crippen molar-refractivity contribution in [2.24, 2.45) is 0 Å². The predicted octanol–water partition coefficient (Wildman–Crippen LogP) is 3.28. The molecule has 0 atom stereocenters. The Hall–Kier alpha value is -2.89. The Morgan fingerprint density at radius 1 is 1.11 bits per heavy atom. The third kappa shape index (κ3) is 3.27. The third-order valence-electron chi connectivity index (χ3n) is 5.48. The third-order valence-corrected chi connectivity index (χ3v) is 5.48. The van der Waals surface area contributed by atoms with Crippen LogP contribution in [0.25, 0.3) is 11.0 Å². The molecule has 0 saturated carbocycles. The molecule has 0 unspecified atom stereocenters. The molecule has 4 rings (SSSR count). The maximum atomic E-state index is 12.7. The van der Waals surface area contributed by atoms with Gasteiger partial charge in [0.15, 0.2) is 0 Å². The van der Waals surface area contributed by atoms with E-state index in [1.54, 1.807) is 6.33 Å². The second kappa shape index (κ2) is 7.02. The summed E-state index contributed by atoms with van der Waals surface area (Å²) in [5.41, 5.74) is 4.89. The molecule has 1 aliphatic rings. The van der Waals surface area contributed by atoms with Gasteiger partial charge in [-0.1, -0.05) is 18.2 Å². The van der Waals surface area contributed by atoms with Crippen molar-refractivity contribution >= 4 is 22.8 Å². The summed E-state index contributed by atoms with van der Waals surface area (Å²) in [6.45, 7) is 7.79. The number of aromatic nitrogens is 3. The van der Waals surface area contributed by atoms with Crippen LogP contribution in [0.2, 0.25) is 0 Å². The number of rotatable bonds is 3. The van der Waals surface area contributed by atoms with E-state index in [4.69, 9.17) is 0 Å². The fourth-order valence-corrected chi connectivity index (χ4v) is 4.00. The van der Waals surface area contributed by atoms with Crippen molar-refractivity contribution in [1.82, 2.24) is 20.3 Å². The summed E-state index contributed by atoms with van der Waals surface area (Å²) < 4.78 is 0. The van der Waals surface area contributed by atoms with E-state index in [2.05, 4.69) is 32.1 Å². The number of H-pyrrole nitrogens is 1. The van der Waals surface area contributed by atoms with Crippen molar-refractivity contribution in [3.05, 3.63) is 53.0 Å². The fourth-order valence-electron chi connectivity index (χ4n) is 4.00. The zero-order valence-corrected chi connectivity index (χ0v) is 16.0. The average Bonchev–Trinajstić information content (AvgIpc) is 3.04. The van der Waals surface area contributed by atoms with Crippen molar-refractivity contribution in [2.45, 2.75) is 39.7 Å². The highest BCUT2D eigenvalue weighted by Gasteiger charge is 2.24. The summed E-state index contributed by atoms with van der Waals surface area (Å²) in [4.78, 5) is 27.1. The summed E-state index contributed by atoms with van der Waals surface area (Å²) >= 11 is 0. The molecule has 3 aromatic rings. The summed E-state index contributed by atoms with van der Waals surface area (Å²) in [6, 6.07) is 6.16. The Labute approximate surface area is 159 Å². The van der Waals surface area contributed by atoms with Gasteiger partial charge in [-0.2, -0.15) is 0 Å². The van der Waals surface area contributed by atoms with Gasteiger partial charge in [-0.25, -0.2) is 9.97 Å². The van der Waals surface area contributed by atoms with Gasteiger partial charge >= 0.3 is 0 Å². The van der Waals surface area contributed by atoms with E-state index in [-0.39, 0.29) is 11.9 Å². The molecule has 2 aromatic heterocycles. The highest BCUT2D eigenvalue weighted by molar-refractivity contribution is 5.97. The number of nitrogens with zero attached hydrogens (tertiary/aromatic N) is 3. The lowest BCUT2D eigenvalue weighted by Gasteiger charge is -2.33. The standard InChI is InChI=1S/C21H25N5O/c1-13-5-4-6-14(2)17(13)21(27)25-16-7-9-26(10-8-16)20-18-15(3)11-22-19(18)23-12-24-20/h4-6,11-12,16H,7-10H2,1-3H3,(H,25,27)(H,22,23,24). The van der Waals surface area contributed by atoms with Crippen molar-refractivity contribution in [2.75, 3.05) is 18.0 Å². The van der Waals surface area contributed by atoms with Crippen molar-refractivity contribution in [3.8, 4) is 0 Å². The maximum absolute atomic E-state index is 12.7. The number of carbonyl (C=O) groups is 1. The largest absolute Gasteiger partial charge is 0.356 e. The molecule has 2 N–H and O–H groups in total. The molecule has 27 heavy (non-hydrogen) atoms. The minimum absolute atomic E-state index is 0.0370. The van der Waals surface area contributed by atoms with Gasteiger partial charge in [-0.3, -0.25) is 4.79 Å². The molecule has 0 aliphatic carbocycles. The van der Waals surface area contributed by atoms with Crippen LogP contribution in [0.5, 0.6) is 0 Å². The molecule has 6 heteroatoms. The van der Waals surface area contributed by atoms with Gasteiger partial charge in [0.05, 0.1) is 5.39 Å². The zero-order chi connectivity index (χ0) is 19.0. The molecular formula is C21H25N5O. The van der Waals surface area contributed by atoms with Crippen LogP contribution in [0, 0.1) is 20.8 Å². The van der Waals surface area contributed by atoms with Crippen LogP contribution in [0.1, 0.15) is 39.9 Å². The number of fused-ring (bicyclic) bond motifs is 1. The first-order valence-corrected chi connectivity index (χ1v) is 9.45. The molecule has 1 saturated heterocycles. The highest BCUT2D eigenvalue weighted by Crippen LogP contribution is 2.28. The number of aromatic amines is 1. The highest BCUT2D eigenvalue weighted by atomic mass is 16.1. The molecule has 3 heterocycles. The molecule has 0 bridgehead atoms. The molecule has 0 radical (unpaired) electrons. The van der Waals surface area contributed by atoms with Crippen LogP contribution in [-0.4, -0.2) is 40.0 Å². The Bertz CT molecular complexity index is 965. The molecular weight excluding hydrogens is 338 g/mol. The van der Waals surface area contributed by atoms with E-state index in [0.29, 0.717) is 0 Å². The number of aryl methyl sites for hydroxylation is 3. The number of hydrogen-bond acceptors (Lipinski definition) is 4. The number of anilines is 1. The van der Waals surface area contributed by atoms with Gasteiger partial charge in [-0.15, -0.1) is 0 Å². The number of amides is 1. The molecule has 6 nitrogen and oxygen atoms in total. The second-order valence-electron chi connectivity index (χ2n) is 7.39. The topological polar surface area (TPSA) is 73.9 Å². The van der Waals surface area contributed by atoms with Crippen LogP contribution in [0.15, 0.2) is 30.7 Å². The quantitative estimate of drug-likeness (QED) is 0.749. The number of benzene rings is 1. The van der Waals surface area contributed by atoms with E-state index < -0.39 is 0 Å². The van der Waals surface area contributed by atoms with Gasteiger partial charge in [0.2, 0.25) is 0 Å². The summed E-state index contributed by atoms with van der Waals surface area (Å²) in [6.07, 6.45) is 5.40. The van der Waals surface area contributed by atoms with Gasteiger partial charge in [-0.05, 0) is 50.3 Å². The number of hydrogen-bond donors (Lipinski definition) is 2. The summed E-state index contributed by atoms with van der Waals surface area (Å²) in [5.74, 6) is 1.02. The normalized spacial score (nSPS) is 15.3. The van der Waals surface area contributed by atoms with Gasteiger partial charge in [0.25, 0.3) is 5.91 Å². The number of carbonyl (C=O) groups excluding carboxylic acids is 1. The van der Waals surface area contributed by atoms with Crippen molar-refractivity contribution < 1.29 is 4.79 Å². The summed E-state index contributed by atoms with van der Waals surface area (Å²) in [7, 11) is 0. The Balaban J connectivity index is 1.45. The van der Waals surface area contributed by atoms with E-state index >= 15 is 0 Å². The van der Waals surface area contributed by atoms with Gasteiger partial charge in [0.1, 0.15) is 17.8 Å². The Kier molecular flexibility index (Phi) is 4.56. The van der Waals surface area contributed by atoms with Crippen LogP contribution in [0.3, 0.4) is 0 Å². The van der Waals surface area contributed by atoms with E-state index in [1.807, 2.05) is 38.2 Å². The molecule has 1 amide bonds. The van der Waals surface area contributed by atoms with Gasteiger partial charge in [0, 0.05) is 30.9 Å². The van der Waals surface area contributed by atoms with Crippen LogP contribution in [-0.2, 0) is 0 Å². The minimum atomic E-state index is 0.0370. The van der Waals surface area contributed by atoms with Gasteiger partial charge < -0.3 is 15.2 Å². The first kappa shape index (κ1) is 17.5. The zero-order valence-electron chi connectivity index (χ0n) is 16.0. The lowest BCUT2D eigenvalue weighted by Crippen LogP contribution is -2.45. The SMILES string of the molecule is Cc1cccc(C)c1C(=O)NC1CCN(c2ncnc3[nH]cc(C)c23)CC1. The van der Waals surface area contributed by atoms with E-state index in [0.717, 1.165) is 65.0 Å². The van der Waals surface area contributed by atoms with Crippen LogP contribution >= 0.6 is 0 Å². The number of nitrogens with one attached hydrogen (secondary N) is 2. The average molecular weight is 363 g/mol. The molecule has 1 fully saturated rings. The minimum Gasteiger partial charge on any atom is -0.356 e. The fraction of sp³-hybridized carbons (Fsp3) is 0.381. The number of piperidine rings is 1. The van der Waals surface area contributed by atoms with Crippen molar-refractivity contribution in [1.29, 1.82) is 0 Å². The maximum Gasteiger partial charge on any atom is 0.252 e. The van der Waals surface area contributed by atoms with E-state index in [9.17, 15) is 4.79 Å². The molecule has 0 spiro atoms. The van der Waals surface area contributed by atoms with Crippen LogP contribution in [0.4, 0.5) is 5.82 Å². The Morgan fingerprint density at radius 2 is 1.81 bits per heavy atom. The molecule has 1 aliphatic heterocycles. The van der Waals surface area contributed by atoms with Crippen LogP contribution < -0.4 is 10.2 Å². The van der Waals surface area contributed by atoms with Crippen molar-refractivity contribution in [3.63, 3.8) is 0 Å². The van der Waals surface area contributed by atoms with E-state index in [1.165, 1.54) is 0 Å². The smallest absolute Gasteiger partial charge is 0.252 e. The lowest BCUT2D eigenvalue weighted by molar-refractivity contribution is 0.0930. The predicted molar refractivity (Wildman–Crippen MR) is 107 cm³/mol. The monoisotopic (exact) mass is 363 g/mol. The Morgan fingerprint density at radius 3 is 2.52 bits per heavy atom. The molecule has 1 aromatic carbocycles. The second-order valence-corrected chi connectivity index (χ2v) is 7.39. The lowest BCUT2D eigenvalue weighted by atomic mass is 10.00. The first-order chi connectivity index (χ1) is 13.0. The summed E-state index contributed by atoms with van der Waals surface area (Å²) in [5, 5.41) is 4.32. The first-order valence-electron chi connectivity index (χ1n) is 9.45.